The van der Waals surface area contributed by atoms with E-state index in [0.29, 0.717) is 6.54 Å². The predicted octanol–water partition coefficient (Wildman–Crippen LogP) is 2.19. The Morgan fingerprint density at radius 2 is 2.22 bits per heavy atom. The Morgan fingerprint density at radius 1 is 1.50 bits per heavy atom. The third kappa shape index (κ3) is 2.51. The minimum Gasteiger partial charge on any atom is -0.355 e. The first-order valence-corrected chi connectivity index (χ1v) is 6.87. The molecule has 0 radical (unpaired) electrons. The molecule has 2 rings (SSSR count). The van der Waals surface area contributed by atoms with Crippen molar-refractivity contribution in [3.8, 4) is 0 Å². The summed E-state index contributed by atoms with van der Waals surface area (Å²) in [6.45, 7) is 4.48. The van der Waals surface area contributed by atoms with E-state index in [1.165, 1.54) is 11.8 Å². The smallest absolute Gasteiger partial charge is 0.233 e. The van der Waals surface area contributed by atoms with Gasteiger partial charge in [0.05, 0.1) is 16.3 Å². The number of rotatable bonds is 4. The molecule has 0 saturated carbocycles. The summed E-state index contributed by atoms with van der Waals surface area (Å²) in [7, 11) is 1.97. The number of fused-ring (bicyclic) bond motifs is 1. The van der Waals surface area contributed by atoms with Crippen molar-refractivity contribution >= 4 is 28.7 Å². The molecule has 0 saturated heterocycles. The summed E-state index contributed by atoms with van der Waals surface area (Å²) in [6, 6.07) is 7.97. The minimum absolute atomic E-state index is 0.0505. The zero-order chi connectivity index (χ0) is 13.1. The van der Waals surface area contributed by atoms with Crippen LogP contribution in [-0.4, -0.2) is 27.3 Å². The second-order valence-corrected chi connectivity index (χ2v) is 5.40. The third-order valence-corrected chi connectivity index (χ3v) is 3.89. The number of carbonyl (C=O) groups excluding carboxylic acids is 1. The molecule has 1 heterocycles. The fraction of sp³-hybridized carbons (Fsp3) is 0.385. The van der Waals surface area contributed by atoms with Crippen molar-refractivity contribution in [1.29, 1.82) is 0 Å². The topological polar surface area (TPSA) is 46.9 Å². The van der Waals surface area contributed by atoms with E-state index in [1.54, 1.807) is 0 Å². The van der Waals surface area contributed by atoms with Crippen LogP contribution in [0, 0.1) is 0 Å². The highest BCUT2D eigenvalue weighted by molar-refractivity contribution is 8.00. The van der Waals surface area contributed by atoms with E-state index >= 15 is 0 Å². The lowest BCUT2D eigenvalue weighted by atomic mass is 10.3. The summed E-state index contributed by atoms with van der Waals surface area (Å²) < 4.78 is 2.02. The van der Waals surface area contributed by atoms with Gasteiger partial charge in [-0.1, -0.05) is 23.9 Å². The van der Waals surface area contributed by atoms with Gasteiger partial charge in [-0.25, -0.2) is 4.98 Å². The van der Waals surface area contributed by atoms with E-state index in [0.717, 1.165) is 16.2 Å². The van der Waals surface area contributed by atoms with Crippen LogP contribution in [0.15, 0.2) is 29.4 Å². The molecule has 5 heteroatoms. The average molecular weight is 263 g/mol. The Bertz CT molecular complexity index is 564. The summed E-state index contributed by atoms with van der Waals surface area (Å²) in [6.07, 6.45) is 0. The fourth-order valence-electron chi connectivity index (χ4n) is 1.76. The molecule has 96 valence electrons. The molecule has 1 aromatic carbocycles. The van der Waals surface area contributed by atoms with Gasteiger partial charge in [0.1, 0.15) is 0 Å². The first kappa shape index (κ1) is 13.0. The van der Waals surface area contributed by atoms with Crippen LogP contribution in [0.4, 0.5) is 0 Å². The number of aryl methyl sites for hydroxylation is 1. The van der Waals surface area contributed by atoms with Crippen LogP contribution < -0.4 is 5.32 Å². The van der Waals surface area contributed by atoms with Gasteiger partial charge < -0.3 is 9.88 Å². The normalized spacial score (nSPS) is 12.6. The van der Waals surface area contributed by atoms with Crippen molar-refractivity contribution in [3.63, 3.8) is 0 Å². The highest BCUT2D eigenvalue weighted by atomic mass is 32.2. The molecule has 1 atom stereocenters. The number of nitrogens with zero attached hydrogens (tertiary/aromatic N) is 2. The largest absolute Gasteiger partial charge is 0.355 e. The molecule has 0 aliphatic heterocycles. The van der Waals surface area contributed by atoms with E-state index in [9.17, 15) is 4.79 Å². The Hall–Kier alpha value is -1.49. The van der Waals surface area contributed by atoms with Gasteiger partial charge in [-0.15, -0.1) is 0 Å². The number of imidazole rings is 1. The number of amides is 1. The lowest BCUT2D eigenvalue weighted by Crippen LogP contribution is -2.30. The number of thioether (sulfide) groups is 1. The molecule has 0 fully saturated rings. The number of hydrogen-bond acceptors (Lipinski definition) is 3. The Labute approximate surface area is 111 Å². The summed E-state index contributed by atoms with van der Waals surface area (Å²) in [5.41, 5.74) is 2.05. The van der Waals surface area contributed by atoms with Gasteiger partial charge in [0.15, 0.2) is 5.16 Å². The minimum atomic E-state index is -0.138. The van der Waals surface area contributed by atoms with Crippen LogP contribution in [0.3, 0.4) is 0 Å². The van der Waals surface area contributed by atoms with Crippen molar-refractivity contribution < 1.29 is 4.79 Å². The fourth-order valence-corrected chi connectivity index (χ4v) is 2.67. The van der Waals surface area contributed by atoms with E-state index in [4.69, 9.17) is 0 Å². The van der Waals surface area contributed by atoms with Gasteiger partial charge in [-0.05, 0) is 26.0 Å². The van der Waals surface area contributed by atoms with Gasteiger partial charge in [0.2, 0.25) is 5.91 Å². The van der Waals surface area contributed by atoms with Gasteiger partial charge in [0.25, 0.3) is 0 Å². The first-order valence-electron chi connectivity index (χ1n) is 5.99. The number of benzene rings is 1. The molecule has 1 amide bonds. The van der Waals surface area contributed by atoms with Crippen LogP contribution >= 0.6 is 11.8 Å². The number of carbonyl (C=O) groups is 1. The van der Waals surface area contributed by atoms with Gasteiger partial charge in [0, 0.05) is 13.6 Å². The SMILES string of the molecule is CCNC(=O)C(C)Sc1nc2ccccc2n1C. The molecule has 18 heavy (non-hydrogen) atoms. The van der Waals surface area contributed by atoms with Crippen LogP contribution in [0.5, 0.6) is 0 Å². The van der Waals surface area contributed by atoms with Crippen molar-refractivity contribution in [2.24, 2.45) is 7.05 Å². The number of aromatic nitrogens is 2. The lowest BCUT2D eigenvalue weighted by molar-refractivity contribution is -0.120. The maximum atomic E-state index is 11.7. The van der Waals surface area contributed by atoms with E-state index < -0.39 is 0 Å². The molecule has 0 bridgehead atoms. The molecule has 2 aromatic rings. The molecule has 0 aliphatic carbocycles. The summed E-state index contributed by atoms with van der Waals surface area (Å²) in [5.74, 6) is 0.0505. The third-order valence-electron chi connectivity index (χ3n) is 2.75. The van der Waals surface area contributed by atoms with E-state index in [2.05, 4.69) is 10.3 Å². The summed E-state index contributed by atoms with van der Waals surface area (Å²) >= 11 is 1.48. The van der Waals surface area contributed by atoms with Crippen molar-refractivity contribution in [1.82, 2.24) is 14.9 Å². The zero-order valence-electron chi connectivity index (χ0n) is 10.8. The van der Waals surface area contributed by atoms with Crippen LogP contribution in [-0.2, 0) is 11.8 Å². The molecule has 1 N–H and O–H groups in total. The van der Waals surface area contributed by atoms with Gasteiger partial charge >= 0.3 is 0 Å². The lowest BCUT2D eigenvalue weighted by Gasteiger charge is -2.10. The quantitative estimate of drug-likeness (QED) is 0.860. The summed E-state index contributed by atoms with van der Waals surface area (Å²) in [5, 5.41) is 3.55. The Morgan fingerprint density at radius 3 is 2.89 bits per heavy atom. The Balaban J connectivity index is 2.21. The van der Waals surface area contributed by atoms with E-state index in [1.807, 2.05) is 49.7 Å². The second-order valence-electron chi connectivity index (χ2n) is 4.10. The van der Waals surface area contributed by atoms with Crippen LogP contribution in [0.1, 0.15) is 13.8 Å². The van der Waals surface area contributed by atoms with Gasteiger partial charge in [-0.2, -0.15) is 0 Å². The molecule has 1 aromatic heterocycles. The zero-order valence-corrected chi connectivity index (χ0v) is 11.6. The molecule has 4 nitrogen and oxygen atoms in total. The number of para-hydroxylation sites is 2. The predicted molar refractivity (Wildman–Crippen MR) is 74.7 cm³/mol. The molecule has 0 spiro atoms. The Kier molecular flexibility index (Phi) is 3.91. The number of hydrogen-bond donors (Lipinski definition) is 1. The van der Waals surface area contributed by atoms with Crippen molar-refractivity contribution in [2.75, 3.05) is 6.54 Å². The molecular formula is C13H17N3OS. The van der Waals surface area contributed by atoms with Crippen LogP contribution in [0.2, 0.25) is 0 Å². The average Bonchev–Trinajstić information content (AvgIpc) is 2.67. The molecule has 1 unspecified atom stereocenters. The highest BCUT2D eigenvalue weighted by Gasteiger charge is 2.17. The molecular weight excluding hydrogens is 246 g/mol. The maximum absolute atomic E-state index is 11.7. The number of nitrogens with one attached hydrogen (secondary N) is 1. The highest BCUT2D eigenvalue weighted by Crippen LogP contribution is 2.25. The van der Waals surface area contributed by atoms with Gasteiger partial charge in [-0.3, -0.25) is 4.79 Å². The maximum Gasteiger partial charge on any atom is 0.233 e. The monoisotopic (exact) mass is 263 g/mol. The van der Waals surface area contributed by atoms with E-state index in [-0.39, 0.29) is 11.2 Å². The first-order chi connectivity index (χ1) is 8.63. The summed E-state index contributed by atoms with van der Waals surface area (Å²) in [4.78, 5) is 16.2. The van der Waals surface area contributed by atoms with Crippen LogP contribution in [0.25, 0.3) is 11.0 Å². The standard InChI is InChI=1S/C13H17N3OS/c1-4-14-12(17)9(2)18-13-15-10-7-5-6-8-11(10)16(13)3/h5-9H,4H2,1-3H3,(H,14,17). The van der Waals surface area contributed by atoms with Crippen molar-refractivity contribution in [2.45, 2.75) is 24.3 Å². The van der Waals surface area contributed by atoms with Crippen molar-refractivity contribution in [3.05, 3.63) is 24.3 Å². The molecule has 0 aliphatic rings. The second kappa shape index (κ2) is 5.44.